The maximum atomic E-state index is 11.8. The highest BCUT2D eigenvalue weighted by molar-refractivity contribution is 9.10. The maximum Gasteiger partial charge on any atom is 0.269 e. The lowest BCUT2D eigenvalue weighted by Gasteiger charge is -2.31. The molecule has 1 fully saturated rings. The lowest BCUT2D eigenvalue weighted by Crippen LogP contribution is -2.51. The summed E-state index contributed by atoms with van der Waals surface area (Å²) in [4.78, 5) is 27.9. The molecule has 1 aliphatic rings. The molecule has 0 radical (unpaired) electrons. The molecule has 1 aliphatic heterocycles. The van der Waals surface area contributed by atoms with E-state index < -0.39 is 0 Å². The smallest absolute Gasteiger partial charge is 0.269 e. The van der Waals surface area contributed by atoms with Gasteiger partial charge in [-0.1, -0.05) is 15.9 Å². The number of carbonyl (C=O) groups is 2. The zero-order chi connectivity index (χ0) is 15.2. The Labute approximate surface area is 132 Å². The fraction of sp³-hybridized carbons (Fsp3) is 0.429. The minimum absolute atomic E-state index is 0.204. The largest absolute Gasteiger partial charge is 0.304 e. The van der Waals surface area contributed by atoms with Crippen molar-refractivity contribution in [2.24, 2.45) is 0 Å². The van der Waals surface area contributed by atoms with Gasteiger partial charge in [-0.3, -0.25) is 25.3 Å². The van der Waals surface area contributed by atoms with Crippen LogP contribution in [-0.4, -0.2) is 61.4 Å². The summed E-state index contributed by atoms with van der Waals surface area (Å²) < 4.78 is 0.901. The molecular formula is C14H19BrN4O2. The van der Waals surface area contributed by atoms with E-state index in [1.165, 1.54) is 0 Å². The SMILES string of the molecule is CN1CCN(CC(=O)NNC(=O)c2ccc(Br)cc2)CC1. The second kappa shape index (κ2) is 7.53. The number of hydrogen-bond donors (Lipinski definition) is 2. The van der Waals surface area contributed by atoms with E-state index in [0.717, 1.165) is 30.7 Å². The summed E-state index contributed by atoms with van der Waals surface area (Å²) in [5.74, 6) is -0.528. The number of likely N-dealkylation sites (N-methyl/N-ethyl adjacent to an activating group) is 1. The molecule has 114 valence electrons. The Bertz CT molecular complexity index is 498. The molecule has 1 aromatic carbocycles. The van der Waals surface area contributed by atoms with Crippen molar-refractivity contribution in [3.8, 4) is 0 Å². The van der Waals surface area contributed by atoms with Crippen LogP contribution in [0.5, 0.6) is 0 Å². The van der Waals surface area contributed by atoms with Gasteiger partial charge in [0.1, 0.15) is 0 Å². The first-order chi connectivity index (χ1) is 10.0. The fourth-order valence-electron chi connectivity index (χ4n) is 2.05. The van der Waals surface area contributed by atoms with E-state index in [-0.39, 0.29) is 11.8 Å². The lowest BCUT2D eigenvalue weighted by atomic mass is 10.2. The monoisotopic (exact) mass is 354 g/mol. The number of hydrogen-bond acceptors (Lipinski definition) is 4. The van der Waals surface area contributed by atoms with Crippen LogP contribution < -0.4 is 10.9 Å². The van der Waals surface area contributed by atoms with Crippen molar-refractivity contribution in [3.05, 3.63) is 34.3 Å². The number of nitrogens with zero attached hydrogens (tertiary/aromatic N) is 2. The number of rotatable bonds is 3. The van der Waals surface area contributed by atoms with Crippen LogP contribution in [0.1, 0.15) is 10.4 Å². The number of carbonyl (C=O) groups excluding carboxylic acids is 2. The average molecular weight is 355 g/mol. The van der Waals surface area contributed by atoms with Crippen LogP contribution in [-0.2, 0) is 4.79 Å². The number of halogens is 1. The quantitative estimate of drug-likeness (QED) is 0.774. The summed E-state index contributed by atoms with van der Waals surface area (Å²) >= 11 is 3.31. The van der Waals surface area contributed by atoms with E-state index in [2.05, 4.69) is 43.6 Å². The van der Waals surface area contributed by atoms with Gasteiger partial charge in [-0.25, -0.2) is 0 Å². The molecule has 2 amide bonds. The van der Waals surface area contributed by atoms with Crippen molar-refractivity contribution in [1.82, 2.24) is 20.7 Å². The van der Waals surface area contributed by atoms with Gasteiger partial charge in [-0.15, -0.1) is 0 Å². The third-order valence-electron chi connectivity index (χ3n) is 3.38. The van der Waals surface area contributed by atoms with Crippen LogP contribution in [0.3, 0.4) is 0 Å². The van der Waals surface area contributed by atoms with Gasteiger partial charge in [-0.2, -0.15) is 0 Å². The molecule has 1 aromatic rings. The highest BCUT2D eigenvalue weighted by Crippen LogP contribution is 2.10. The first-order valence-corrected chi connectivity index (χ1v) is 7.59. The molecule has 0 spiro atoms. The molecule has 0 aliphatic carbocycles. The summed E-state index contributed by atoms with van der Waals surface area (Å²) in [6, 6.07) is 6.93. The molecule has 21 heavy (non-hydrogen) atoms. The third kappa shape index (κ3) is 5.11. The van der Waals surface area contributed by atoms with E-state index in [9.17, 15) is 9.59 Å². The van der Waals surface area contributed by atoms with E-state index in [0.29, 0.717) is 12.1 Å². The van der Waals surface area contributed by atoms with E-state index >= 15 is 0 Å². The van der Waals surface area contributed by atoms with Crippen molar-refractivity contribution >= 4 is 27.7 Å². The molecule has 6 nitrogen and oxygen atoms in total. The Kier molecular flexibility index (Phi) is 5.72. The normalized spacial score (nSPS) is 16.5. The Morgan fingerprint density at radius 3 is 2.33 bits per heavy atom. The Morgan fingerprint density at radius 2 is 1.71 bits per heavy atom. The van der Waals surface area contributed by atoms with Gasteiger partial charge >= 0.3 is 0 Å². The average Bonchev–Trinajstić information content (AvgIpc) is 2.48. The summed E-state index contributed by atoms with van der Waals surface area (Å²) in [5, 5.41) is 0. The Balaban J connectivity index is 1.73. The molecule has 1 heterocycles. The van der Waals surface area contributed by atoms with Crippen molar-refractivity contribution in [2.75, 3.05) is 39.8 Å². The number of hydrazine groups is 1. The second-order valence-corrected chi connectivity index (χ2v) is 6.00. The van der Waals surface area contributed by atoms with Crippen LogP contribution >= 0.6 is 15.9 Å². The molecule has 0 unspecified atom stereocenters. The van der Waals surface area contributed by atoms with E-state index in [1.807, 2.05) is 0 Å². The van der Waals surface area contributed by atoms with E-state index in [4.69, 9.17) is 0 Å². The number of nitrogens with one attached hydrogen (secondary N) is 2. The summed E-state index contributed by atoms with van der Waals surface area (Å²) in [6.45, 7) is 3.95. The number of amides is 2. The molecule has 2 N–H and O–H groups in total. The van der Waals surface area contributed by atoms with Crippen LogP contribution in [0, 0.1) is 0 Å². The highest BCUT2D eigenvalue weighted by Gasteiger charge is 2.16. The number of benzene rings is 1. The van der Waals surface area contributed by atoms with Gasteiger partial charge in [0, 0.05) is 36.2 Å². The predicted molar refractivity (Wildman–Crippen MR) is 83.7 cm³/mol. The first kappa shape index (κ1) is 15.9. The van der Waals surface area contributed by atoms with Crippen LogP contribution in [0.4, 0.5) is 0 Å². The molecule has 0 aromatic heterocycles. The van der Waals surface area contributed by atoms with Crippen molar-refractivity contribution in [1.29, 1.82) is 0 Å². The standard InChI is InChI=1S/C14H19BrN4O2/c1-18-6-8-19(9-7-18)10-13(20)16-17-14(21)11-2-4-12(15)5-3-11/h2-5H,6-10H2,1H3,(H,16,20)(H,17,21). The van der Waals surface area contributed by atoms with Crippen molar-refractivity contribution in [3.63, 3.8) is 0 Å². The molecule has 1 saturated heterocycles. The van der Waals surface area contributed by atoms with Crippen LogP contribution in [0.25, 0.3) is 0 Å². The van der Waals surface area contributed by atoms with Gasteiger partial charge in [0.05, 0.1) is 6.54 Å². The van der Waals surface area contributed by atoms with Gasteiger partial charge < -0.3 is 4.90 Å². The predicted octanol–water partition coefficient (Wildman–Crippen LogP) is 0.458. The van der Waals surface area contributed by atoms with E-state index in [1.54, 1.807) is 24.3 Å². The van der Waals surface area contributed by atoms with Crippen LogP contribution in [0.15, 0.2) is 28.7 Å². The highest BCUT2D eigenvalue weighted by atomic mass is 79.9. The van der Waals surface area contributed by atoms with Gasteiger partial charge in [0.15, 0.2) is 0 Å². The molecule has 0 bridgehead atoms. The minimum atomic E-state index is -0.325. The fourth-order valence-corrected chi connectivity index (χ4v) is 2.31. The topological polar surface area (TPSA) is 64.7 Å². The van der Waals surface area contributed by atoms with Crippen molar-refractivity contribution in [2.45, 2.75) is 0 Å². The maximum absolute atomic E-state index is 11.8. The molecular weight excluding hydrogens is 336 g/mol. The first-order valence-electron chi connectivity index (χ1n) is 6.80. The molecule has 0 saturated carbocycles. The molecule has 2 rings (SSSR count). The summed E-state index contributed by atoms with van der Waals surface area (Å²) in [6.07, 6.45) is 0. The second-order valence-electron chi connectivity index (χ2n) is 5.09. The zero-order valence-corrected chi connectivity index (χ0v) is 13.5. The Morgan fingerprint density at radius 1 is 1.10 bits per heavy atom. The Hall–Kier alpha value is -1.44. The van der Waals surface area contributed by atoms with Gasteiger partial charge in [0.2, 0.25) is 0 Å². The number of piperazine rings is 1. The van der Waals surface area contributed by atoms with Gasteiger partial charge in [0.25, 0.3) is 11.8 Å². The molecule has 0 atom stereocenters. The van der Waals surface area contributed by atoms with Gasteiger partial charge in [-0.05, 0) is 31.3 Å². The van der Waals surface area contributed by atoms with Crippen molar-refractivity contribution < 1.29 is 9.59 Å². The molecule has 7 heteroatoms. The summed E-state index contributed by atoms with van der Waals surface area (Å²) in [7, 11) is 2.07. The zero-order valence-electron chi connectivity index (χ0n) is 11.9. The van der Waals surface area contributed by atoms with Crippen LogP contribution in [0.2, 0.25) is 0 Å². The summed E-state index contributed by atoms with van der Waals surface area (Å²) in [5.41, 5.74) is 5.37. The lowest BCUT2D eigenvalue weighted by molar-refractivity contribution is -0.123. The minimum Gasteiger partial charge on any atom is -0.304 e. The third-order valence-corrected chi connectivity index (χ3v) is 3.91.